The fourth-order valence-electron chi connectivity index (χ4n) is 2.25. The van der Waals surface area contributed by atoms with Crippen LogP contribution in [0.1, 0.15) is 23.2 Å². The van der Waals surface area contributed by atoms with Gasteiger partial charge in [0.1, 0.15) is 5.82 Å². The summed E-state index contributed by atoms with van der Waals surface area (Å²) in [6, 6.07) is 3.41. The van der Waals surface area contributed by atoms with Gasteiger partial charge in [-0.3, -0.25) is 4.79 Å². The molecule has 6 nitrogen and oxygen atoms in total. The predicted octanol–water partition coefficient (Wildman–Crippen LogP) is 0.866. The second kappa shape index (κ2) is 6.49. The van der Waals surface area contributed by atoms with E-state index in [1.54, 1.807) is 17.0 Å². The lowest BCUT2D eigenvalue weighted by Crippen LogP contribution is -2.35. The van der Waals surface area contributed by atoms with Crippen molar-refractivity contribution in [3.8, 4) is 0 Å². The second-order valence-electron chi connectivity index (χ2n) is 4.85. The van der Waals surface area contributed by atoms with Gasteiger partial charge in [0.05, 0.1) is 12.2 Å². The topological polar surface area (TPSA) is 80.5 Å². The van der Waals surface area contributed by atoms with Crippen molar-refractivity contribution in [2.45, 2.75) is 12.8 Å². The highest BCUT2D eigenvalue weighted by Gasteiger charge is 2.19. The minimum absolute atomic E-state index is 0.0263. The Morgan fingerprint density at radius 3 is 3.05 bits per heavy atom. The molecule has 104 valence electrons. The maximum atomic E-state index is 12.2. The monoisotopic (exact) mass is 264 g/mol. The summed E-state index contributed by atoms with van der Waals surface area (Å²) in [5.41, 5.74) is 3.00. The van der Waals surface area contributed by atoms with Gasteiger partial charge in [-0.15, -0.1) is 0 Å². The van der Waals surface area contributed by atoms with Crippen LogP contribution in [0, 0.1) is 5.92 Å². The largest absolute Gasteiger partial charge is 0.381 e. The highest BCUT2D eigenvalue weighted by atomic mass is 16.5. The third kappa shape index (κ3) is 3.65. The van der Waals surface area contributed by atoms with Gasteiger partial charge in [-0.25, -0.2) is 10.8 Å². The number of nitrogens with two attached hydrogens (primary N) is 1. The number of hydrazine groups is 1. The molecule has 19 heavy (non-hydrogen) atoms. The molecule has 1 aliphatic rings. The third-order valence-electron chi connectivity index (χ3n) is 3.29. The van der Waals surface area contributed by atoms with Gasteiger partial charge in [0.25, 0.3) is 5.91 Å². The maximum Gasteiger partial charge on any atom is 0.255 e. The van der Waals surface area contributed by atoms with Crippen molar-refractivity contribution in [1.82, 2.24) is 9.88 Å². The summed E-state index contributed by atoms with van der Waals surface area (Å²) in [5, 5.41) is 0. The van der Waals surface area contributed by atoms with Crippen molar-refractivity contribution in [2.75, 3.05) is 32.2 Å². The summed E-state index contributed by atoms with van der Waals surface area (Å²) in [6.07, 6.45) is 3.72. The zero-order valence-corrected chi connectivity index (χ0v) is 11.1. The molecule has 3 N–H and O–H groups in total. The normalized spacial score (nSPS) is 18.9. The number of ether oxygens (including phenoxy) is 1. The van der Waals surface area contributed by atoms with Crippen molar-refractivity contribution < 1.29 is 9.53 Å². The highest BCUT2D eigenvalue weighted by molar-refractivity contribution is 5.93. The van der Waals surface area contributed by atoms with Crippen LogP contribution < -0.4 is 11.3 Å². The van der Waals surface area contributed by atoms with Gasteiger partial charge in [-0.05, 0) is 30.9 Å². The van der Waals surface area contributed by atoms with Gasteiger partial charge in [-0.2, -0.15) is 0 Å². The van der Waals surface area contributed by atoms with E-state index < -0.39 is 0 Å². The van der Waals surface area contributed by atoms with E-state index in [9.17, 15) is 4.79 Å². The molecule has 1 atom stereocenters. The number of hydrogen-bond donors (Lipinski definition) is 2. The van der Waals surface area contributed by atoms with E-state index in [2.05, 4.69) is 10.4 Å². The van der Waals surface area contributed by atoms with Crippen molar-refractivity contribution in [1.29, 1.82) is 0 Å². The number of aromatic nitrogens is 1. The van der Waals surface area contributed by atoms with E-state index in [4.69, 9.17) is 10.6 Å². The molecule has 0 bridgehead atoms. The van der Waals surface area contributed by atoms with E-state index in [0.29, 0.717) is 17.3 Å². The van der Waals surface area contributed by atoms with Crippen molar-refractivity contribution in [3.05, 3.63) is 23.9 Å². The molecule has 0 aliphatic carbocycles. The standard InChI is InChI=1S/C13H20N4O2/c1-17(8-10-3-2-6-19-9-10)13(18)11-4-5-12(16-14)15-7-11/h4-5,7,10H,2-3,6,8-9,14H2,1H3,(H,15,16). The van der Waals surface area contributed by atoms with Crippen LogP contribution >= 0.6 is 0 Å². The zero-order valence-electron chi connectivity index (χ0n) is 11.1. The van der Waals surface area contributed by atoms with Crippen molar-refractivity contribution in [3.63, 3.8) is 0 Å². The molecule has 1 amide bonds. The van der Waals surface area contributed by atoms with Crippen LogP contribution in [0.25, 0.3) is 0 Å². The van der Waals surface area contributed by atoms with Crippen LogP contribution in [0.2, 0.25) is 0 Å². The molecule has 0 saturated carbocycles. The number of rotatable bonds is 4. The average Bonchev–Trinajstić information content (AvgIpc) is 2.47. The molecule has 2 heterocycles. The summed E-state index contributed by atoms with van der Waals surface area (Å²) in [4.78, 5) is 18.0. The number of nitrogens with one attached hydrogen (secondary N) is 1. The fourth-order valence-corrected chi connectivity index (χ4v) is 2.25. The van der Waals surface area contributed by atoms with Crippen molar-refractivity contribution >= 4 is 11.7 Å². The Balaban J connectivity index is 1.93. The van der Waals surface area contributed by atoms with Crippen LogP contribution in [0.15, 0.2) is 18.3 Å². The van der Waals surface area contributed by atoms with Crippen LogP contribution in [-0.4, -0.2) is 42.6 Å². The first-order chi connectivity index (χ1) is 9.20. The minimum Gasteiger partial charge on any atom is -0.381 e. The molecule has 1 aromatic rings. The first-order valence-corrected chi connectivity index (χ1v) is 6.46. The summed E-state index contributed by atoms with van der Waals surface area (Å²) in [5.74, 6) is 6.18. The number of hydrogen-bond acceptors (Lipinski definition) is 5. The Morgan fingerprint density at radius 1 is 1.63 bits per heavy atom. The molecular weight excluding hydrogens is 244 g/mol. The molecule has 0 radical (unpaired) electrons. The molecule has 0 spiro atoms. The number of pyridine rings is 1. The molecule has 0 aromatic carbocycles. The lowest BCUT2D eigenvalue weighted by molar-refractivity contribution is 0.0388. The van der Waals surface area contributed by atoms with Crippen LogP contribution in [0.5, 0.6) is 0 Å². The quantitative estimate of drug-likeness (QED) is 0.623. The first kappa shape index (κ1) is 13.8. The van der Waals surface area contributed by atoms with Gasteiger partial charge in [0.2, 0.25) is 0 Å². The van der Waals surface area contributed by atoms with Gasteiger partial charge >= 0.3 is 0 Å². The molecule has 1 aromatic heterocycles. The Bertz CT molecular complexity index is 415. The lowest BCUT2D eigenvalue weighted by atomic mass is 10.0. The van der Waals surface area contributed by atoms with E-state index in [1.165, 1.54) is 6.20 Å². The van der Waals surface area contributed by atoms with Crippen LogP contribution in [-0.2, 0) is 4.74 Å². The Hall–Kier alpha value is -1.66. The fraction of sp³-hybridized carbons (Fsp3) is 0.538. The van der Waals surface area contributed by atoms with Gasteiger partial charge in [0.15, 0.2) is 0 Å². The maximum absolute atomic E-state index is 12.2. The number of amides is 1. The molecule has 1 fully saturated rings. The number of carbonyl (C=O) groups is 1. The zero-order chi connectivity index (χ0) is 13.7. The van der Waals surface area contributed by atoms with E-state index in [0.717, 1.165) is 32.6 Å². The summed E-state index contributed by atoms with van der Waals surface area (Å²) >= 11 is 0. The molecule has 1 saturated heterocycles. The van der Waals surface area contributed by atoms with Crippen LogP contribution in [0.3, 0.4) is 0 Å². The van der Waals surface area contributed by atoms with Crippen molar-refractivity contribution in [2.24, 2.45) is 11.8 Å². The SMILES string of the molecule is CN(CC1CCCOC1)C(=O)c1ccc(NN)nc1. The summed E-state index contributed by atoms with van der Waals surface area (Å²) in [7, 11) is 1.81. The van der Waals surface area contributed by atoms with Gasteiger partial charge in [0, 0.05) is 26.4 Å². The van der Waals surface area contributed by atoms with Gasteiger partial charge < -0.3 is 15.1 Å². The van der Waals surface area contributed by atoms with E-state index in [-0.39, 0.29) is 5.91 Å². The molecule has 2 rings (SSSR count). The van der Waals surface area contributed by atoms with E-state index >= 15 is 0 Å². The minimum atomic E-state index is -0.0263. The molecule has 1 aliphatic heterocycles. The molecule has 1 unspecified atom stereocenters. The summed E-state index contributed by atoms with van der Waals surface area (Å²) in [6.45, 7) is 2.30. The Labute approximate surface area is 112 Å². The Kier molecular flexibility index (Phi) is 4.70. The lowest BCUT2D eigenvalue weighted by Gasteiger charge is -2.27. The van der Waals surface area contributed by atoms with Crippen LogP contribution in [0.4, 0.5) is 5.82 Å². The number of nitrogens with zero attached hydrogens (tertiary/aromatic N) is 2. The third-order valence-corrected chi connectivity index (χ3v) is 3.29. The molecular formula is C13H20N4O2. The average molecular weight is 264 g/mol. The smallest absolute Gasteiger partial charge is 0.255 e. The first-order valence-electron chi connectivity index (χ1n) is 6.46. The van der Waals surface area contributed by atoms with E-state index in [1.807, 2.05) is 7.05 Å². The second-order valence-corrected chi connectivity index (χ2v) is 4.85. The highest BCUT2D eigenvalue weighted by Crippen LogP contribution is 2.15. The predicted molar refractivity (Wildman–Crippen MR) is 72.6 cm³/mol. The van der Waals surface area contributed by atoms with Gasteiger partial charge in [-0.1, -0.05) is 0 Å². The Morgan fingerprint density at radius 2 is 2.47 bits per heavy atom. The number of anilines is 1. The molecule has 6 heteroatoms. The number of carbonyl (C=O) groups excluding carboxylic acids is 1. The summed E-state index contributed by atoms with van der Waals surface area (Å²) < 4.78 is 5.43. The number of nitrogen functional groups attached to an aromatic ring is 1.